The Morgan fingerprint density at radius 1 is 0.688 bits per heavy atom. The van der Waals surface area contributed by atoms with Crippen molar-refractivity contribution in [2.45, 2.75) is 0 Å². The number of hydrogen-bond donors (Lipinski definition) is 5. The average Bonchev–Trinajstić information content (AvgIpc) is 3.03. The quantitative estimate of drug-likeness (QED) is 0.267. The molecule has 2 rings (SSSR count). The van der Waals surface area contributed by atoms with Crippen LogP contribution in [0.3, 0.4) is 0 Å². The molecule has 0 aromatic rings. The molecule has 12 heteroatoms. The molecule has 0 spiro atoms. The molecule has 0 atom stereocenters. The van der Waals surface area contributed by atoms with Crippen molar-refractivity contribution in [2.24, 2.45) is 0 Å². The summed E-state index contributed by atoms with van der Waals surface area (Å²) in [4.78, 5) is 21.0. The minimum Gasteiger partial charge on any atom is -0.314 e. The van der Waals surface area contributed by atoms with Crippen molar-refractivity contribution in [3.05, 3.63) is 0 Å². The Kier molecular flexibility index (Phi) is 58.4. The van der Waals surface area contributed by atoms with Crippen LogP contribution in [0.4, 0.5) is 0 Å². The average molecular weight is 417 g/mol. The smallest absolute Gasteiger partial charge is 0.314 e. The van der Waals surface area contributed by atoms with Gasteiger partial charge in [-0.2, -0.15) is 0 Å². The topological polar surface area (TPSA) is 156 Å². The molecule has 0 radical (unpaired) electrons. The van der Waals surface area contributed by atoms with Crippen molar-refractivity contribution in [1.82, 2.24) is 10.6 Å². The Balaban J connectivity index is -0.0000000554. The molecule has 90 valence electrons. The molecule has 0 saturated carbocycles. The second-order valence-corrected chi connectivity index (χ2v) is 2.23. The van der Waals surface area contributed by atoms with Gasteiger partial charge < -0.3 is 25.3 Å². The Morgan fingerprint density at radius 3 is 0.750 bits per heavy atom. The molecule has 2 heterocycles. The summed E-state index contributed by atoms with van der Waals surface area (Å²) in [6, 6.07) is 0. The van der Waals surface area contributed by atoms with Crippen molar-refractivity contribution in [3.63, 3.8) is 0 Å². The summed E-state index contributed by atoms with van der Waals surface area (Å²) in [5.41, 5.74) is 0. The maximum atomic E-state index is 8.46. The van der Waals surface area contributed by atoms with Crippen LogP contribution in [0.5, 0.6) is 0 Å². The molecule has 16 heavy (non-hydrogen) atoms. The van der Waals surface area contributed by atoms with E-state index in [4.69, 9.17) is 28.4 Å². The van der Waals surface area contributed by atoms with E-state index in [1.807, 2.05) is 0 Å². The Bertz CT molecular complexity index is 115. The zero-order valence-corrected chi connectivity index (χ0v) is 14.6. The molecule has 8 nitrogen and oxygen atoms in total. The van der Waals surface area contributed by atoms with Gasteiger partial charge in [0, 0.05) is 26.2 Å². The fourth-order valence-corrected chi connectivity index (χ4v) is 0. The molecule has 0 amide bonds. The first-order valence-electron chi connectivity index (χ1n) is 3.56. The van der Waals surface area contributed by atoms with E-state index in [-0.39, 0.29) is 35.6 Å². The van der Waals surface area contributed by atoms with Crippen LogP contribution >= 0.6 is 26.1 Å². The third-order valence-electron chi connectivity index (χ3n) is 0.500. The third-order valence-corrected chi connectivity index (χ3v) is 0.500. The fourth-order valence-electron chi connectivity index (χ4n) is 0. The van der Waals surface area contributed by atoms with Crippen LogP contribution in [0.15, 0.2) is 0 Å². The Hall–Kier alpha value is 1.29. The van der Waals surface area contributed by atoms with E-state index in [1.54, 1.807) is 0 Å². The van der Waals surface area contributed by atoms with Gasteiger partial charge in [0.25, 0.3) is 0 Å². The summed E-state index contributed by atoms with van der Waals surface area (Å²) >= 11 is 0. The van der Waals surface area contributed by atoms with Gasteiger partial charge in [-0.15, -0.1) is 0 Å². The van der Waals surface area contributed by atoms with E-state index in [1.165, 1.54) is 26.2 Å². The molecule has 2 aliphatic heterocycles. The van der Waals surface area contributed by atoms with E-state index in [9.17, 15) is 0 Å². The van der Waals surface area contributed by atoms with Crippen molar-refractivity contribution < 1.29 is 64.0 Å². The number of nitrogens with one attached hydrogen (secondary N) is 2. The van der Waals surface area contributed by atoms with Crippen molar-refractivity contribution in [1.29, 1.82) is 0 Å². The summed E-state index contributed by atoms with van der Waals surface area (Å²) < 4.78 is 25.4. The van der Waals surface area contributed by atoms with Crippen LogP contribution in [-0.2, 0) is 13.7 Å². The normalized spacial score (nSPS) is 12.9. The summed E-state index contributed by atoms with van der Waals surface area (Å²) in [7, 11) is -2.50. The zero-order chi connectivity index (χ0) is 12.4. The first-order chi connectivity index (χ1) is 7.24. The van der Waals surface area contributed by atoms with Crippen LogP contribution in [0.2, 0.25) is 0 Å². The van der Waals surface area contributed by atoms with E-state index in [0.717, 1.165) is 0 Å². The van der Waals surface area contributed by atoms with Crippen LogP contribution < -0.4 is 10.6 Å². The van der Waals surface area contributed by atoms with Gasteiger partial charge in [-0.05, 0) is 0 Å². The van der Waals surface area contributed by atoms with E-state index in [0.29, 0.717) is 0 Å². The molecule has 0 aromatic carbocycles. The summed E-state index contributed by atoms with van der Waals surface area (Å²) in [6.45, 7) is 5.00. The van der Waals surface area contributed by atoms with Crippen LogP contribution in [0.25, 0.3) is 0 Å². The van der Waals surface area contributed by atoms with Gasteiger partial charge in [0.1, 0.15) is 0 Å². The van der Waals surface area contributed by atoms with E-state index in [2.05, 4.69) is 10.6 Å². The largest absolute Gasteiger partial charge is 3.00 e. The summed E-state index contributed by atoms with van der Waals surface area (Å²) in [5, 5.41) is 6.00. The van der Waals surface area contributed by atoms with E-state index < -0.39 is 26.1 Å². The Labute approximate surface area is 126 Å². The summed E-state index contributed by atoms with van der Waals surface area (Å²) in [5.74, 6) is 0. The van der Waals surface area contributed by atoms with Crippen LogP contribution in [0, 0.1) is 35.6 Å². The minimum atomic E-state index is -0.833. The maximum absolute atomic E-state index is 8.46. The van der Waals surface area contributed by atoms with Crippen molar-refractivity contribution in [2.75, 3.05) is 26.2 Å². The van der Waals surface area contributed by atoms with Gasteiger partial charge in [-0.1, -0.05) is 0 Å². The van der Waals surface area contributed by atoms with Crippen molar-refractivity contribution >= 4 is 26.1 Å². The monoisotopic (exact) mass is 417 g/mol. The van der Waals surface area contributed by atoms with Gasteiger partial charge >= 0.3 is 61.7 Å². The second-order valence-electron chi connectivity index (χ2n) is 1.74. The van der Waals surface area contributed by atoms with Crippen LogP contribution in [0.1, 0.15) is 0 Å². The van der Waals surface area contributed by atoms with Gasteiger partial charge in [0.2, 0.25) is 0 Å². The minimum absolute atomic E-state index is 0. The molecule has 5 N–H and O–H groups in total. The SMILES string of the molecule is C1CN1.C1CN1.O=PO.O=PO.O=PO.[La+3]. The molecule has 0 aliphatic carbocycles. The van der Waals surface area contributed by atoms with E-state index >= 15 is 0 Å². The standard InChI is InChI=1S/2C2H5N.La.3HO2P/c2*1-2-3-1;;3*1-3-2/h2*3H,1-2H2;;3*(H,1,2)/q;;+3;;;. The molecule has 0 unspecified atom stereocenters. The second kappa shape index (κ2) is 36.0. The predicted octanol–water partition coefficient (Wildman–Crippen LogP) is -0.265. The van der Waals surface area contributed by atoms with Gasteiger partial charge in [0.15, 0.2) is 0 Å². The summed E-state index contributed by atoms with van der Waals surface area (Å²) in [6.07, 6.45) is 0. The maximum Gasteiger partial charge on any atom is 3.00 e. The van der Waals surface area contributed by atoms with Gasteiger partial charge in [-0.3, -0.25) is 0 Å². The fraction of sp³-hybridized carbons (Fsp3) is 1.00. The predicted molar refractivity (Wildman–Crippen MR) is 55.2 cm³/mol. The molecule has 0 aromatic heterocycles. The first-order valence-corrected chi connectivity index (χ1v) is 5.86. The van der Waals surface area contributed by atoms with Crippen LogP contribution in [-0.4, -0.2) is 40.9 Å². The van der Waals surface area contributed by atoms with Gasteiger partial charge in [0.05, 0.1) is 0 Å². The molecule has 2 fully saturated rings. The molecular formula is C4H13LaN2O6P3+3. The number of hydrogen-bond acceptors (Lipinski definition) is 5. The zero-order valence-electron chi connectivity index (χ0n) is 8.31. The molecule has 2 saturated heterocycles. The third kappa shape index (κ3) is 288. The Morgan fingerprint density at radius 2 is 0.750 bits per heavy atom. The first kappa shape index (κ1) is 26.0. The van der Waals surface area contributed by atoms with Crippen molar-refractivity contribution in [3.8, 4) is 0 Å². The number of rotatable bonds is 0. The molecule has 2 aliphatic rings. The van der Waals surface area contributed by atoms with Gasteiger partial charge in [-0.25, -0.2) is 13.7 Å². The molecular weight excluding hydrogens is 404 g/mol. The molecule has 0 bridgehead atoms.